The van der Waals surface area contributed by atoms with Gasteiger partial charge in [0, 0.05) is 18.3 Å². The number of hydrogen-bond donors (Lipinski definition) is 1. The van der Waals surface area contributed by atoms with Gasteiger partial charge in [0.1, 0.15) is 6.04 Å². The second-order valence-corrected chi connectivity index (χ2v) is 5.84. The quantitative estimate of drug-likeness (QED) is 0.800. The van der Waals surface area contributed by atoms with Crippen molar-refractivity contribution in [1.29, 1.82) is 0 Å². The maximum absolute atomic E-state index is 11.8. The predicted molar refractivity (Wildman–Crippen MR) is 75.4 cm³/mol. The number of nitrogens with one attached hydrogen (secondary N) is 1. The van der Waals surface area contributed by atoms with Crippen LogP contribution in [0.5, 0.6) is 0 Å². The molecule has 0 saturated heterocycles. The monoisotopic (exact) mass is 277 g/mol. The smallest absolute Gasteiger partial charge is 0.322 e. The van der Waals surface area contributed by atoms with Gasteiger partial charge in [-0.3, -0.25) is 4.79 Å². The highest BCUT2D eigenvalue weighted by Gasteiger charge is 2.29. The number of imidazole rings is 1. The molecule has 2 aliphatic carbocycles. The Morgan fingerprint density at radius 2 is 2.30 bits per heavy atom. The van der Waals surface area contributed by atoms with Gasteiger partial charge in [-0.1, -0.05) is 0 Å². The van der Waals surface area contributed by atoms with E-state index in [-0.39, 0.29) is 12.0 Å². The number of aryl methyl sites for hydroxylation is 2. The molecular formula is C15H23N3O2. The summed E-state index contributed by atoms with van der Waals surface area (Å²) in [6, 6.07) is 0.324. The Kier molecular flexibility index (Phi) is 4.05. The van der Waals surface area contributed by atoms with Crippen molar-refractivity contribution in [3.63, 3.8) is 0 Å². The fraction of sp³-hybridized carbons (Fsp3) is 0.733. The fourth-order valence-corrected chi connectivity index (χ4v) is 2.94. The van der Waals surface area contributed by atoms with Crippen molar-refractivity contribution in [1.82, 2.24) is 14.9 Å². The predicted octanol–water partition coefficient (Wildman–Crippen LogP) is 1.45. The minimum absolute atomic E-state index is 0.147. The molecule has 0 amide bonds. The van der Waals surface area contributed by atoms with Gasteiger partial charge in [0.2, 0.25) is 0 Å². The van der Waals surface area contributed by atoms with Crippen LogP contribution in [0.25, 0.3) is 0 Å². The Morgan fingerprint density at radius 1 is 1.50 bits per heavy atom. The number of aromatic nitrogens is 2. The molecule has 1 fully saturated rings. The molecule has 0 radical (unpaired) electrons. The van der Waals surface area contributed by atoms with E-state index in [0.29, 0.717) is 6.04 Å². The van der Waals surface area contributed by atoms with Gasteiger partial charge < -0.3 is 14.6 Å². The summed E-state index contributed by atoms with van der Waals surface area (Å²) < 4.78 is 7.12. The summed E-state index contributed by atoms with van der Waals surface area (Å²) >= 11 is 0. The SMILES string of the molecule is COC(=O)C(CCn1cnc2c1CCCC2)NC1CC1. The first-order valence-electron chi connectivity index (χ1n) is 7.64. The molecule has 5 nitrogen and oxygen atoms in total. The van der Waals surface area contributed by atoms with E-state index in [0.717, 1.165) is 25.8 Å². The van der Waals surface area contributed by atoms with Crippen LogP contribution in [-0.2, 0) is 28.9 Å². The number of esters is 1. The summed E-state index contributed by atoms with van der Waals surface area (Å²) in [6.45, 7) is 0.835. The fourth-order valence-electron chi connectivity index (χ4n) is 2.94. The molecule has 1 unspecified atom stereocenters. The summed E-state index contributed by atoms with van der Waals surface area (Å²) in [7, 11) is 1.46. The highest BCUT2D eigenvalue weighted by atomic mass is 16.5. The zero-order valence-corrected chi connectivity index (χ0v) is 12.1. The molecule has 20 heavy (non-hydrogen) atoms. The molecule has 5 heteroatoms. The Balaban J connectivity index is 1.61. The number of carbonyl (C=O) groups excluding carboxylic acids is 1. The summed E-state index contributed by atoms with van der Waals surface area (Å²) in [4.78, 5) is 16.3. The Labute approximate surface area is 119 Å². The zero-order valence-electron chi connectivity index (χ0n) is 12.1. The molecular weight excluding hydrogens is 254 g/mol. The van der Waals surface area contributed by atoms with Crippen LogP contribution in [0.4, 0.5) is 0 Å². The van der Waals surface area contributed by atoms with E-state index in [1.54, 1.807) is 0 Å². The topological polar surface area (TPSA) is 56.2 Å². The van der Waals surface area contributed by atoms with Crippen LogP contribution in [0.1, 0.15) is 43.5 Å². The van der Waals surface area contributed by atoms with Crippen LogP contribution in [0, 0.1) is 0 Å². The van der Waals surface area contributed by atoms with Gasteiger partial charge >= 0.3 is 5.97 Å². The molecule has 110 valence electrons. The van der Waals surface area contributed by atoms with Crippen LogP contribution < -0.4 is 5.32 Å². The van der Waals surface area contributed by atoms with Crippen molar-refractivity contribution in [2.75, 3.05) is 7.11 Å². The number of rotatable bonds is 6. The highest BCUT2D eigenvalue weighted by molar-refractivity contribution is 5.75. The third-order valence-corrected chi connectivity index (χ3v) is 4.27. The van der Waals surface area contributed by atoms with E-state index >= 15 is 0 Å². The van der Waals surface area contributed by atoms with Crippen LogP contribution in [0.3, 0.4) is 0 Å². The Hall–Kier alpha value is -1.36. The lowest BCUT2D eigenvalue weighted by molar-refractivity contribution is -0.143. The van der Waals surface area contributed by atoms with Crippen LogP contribution in [0.15, 0.2) is 6.33 Å². The maximum Gasteiger partial charge on any atom is 0.322 e. The molecule has 1 aromatic rings. The molecule has 1 saturated carbocycles. The first kappa shape index (κ1) is 13.6. The molecule has 1 N–H and O–H groups in total. The number of ether oxygens (including phenoxy) is 1. The van der Waals surface area contributed by atoms with Crippen LogP contribution in [0.2, 0.25) is 0 Å². The van der Waals surface area contributed by atoms with Gasteiger partial charge in [0.05, 0.1) is 19.1 Å². The number of methoxy groups -OCH3 is 1. The van der Waals surface area contributed by atoms with Crippen molar-refractivity contribution < 1.29 is 9.53 Å². The zero-order chi connectivity index (χ0) is 13.9. The van der Waals surface area contributed by atoms with Gasteiger partial charge in [-0.05, 0) is 44.9 Å². The molecule has 0 aromatic carbocycles. The van der Waals surface area contributed by atoms with Gasteiger partial charge in [-0.25, -0.2) is 4.98 Å². The first-order valence-corrected chi connectivity index (χ1v) is 7.64. The minimum Gasteiger partial charge on any atom is -0.468 e. The third-order valence-electron chi connectivity index (χ3n) is 4.27. The molecule has 3 rings (SSSR count). The summed E-state index contributed by atoms with van der Waals surface area (Å²) in [5.41, 5.74) is 2.62. The standard InChI is InChI=1S/C15H23N3O2/c1-20-15(19)13(17-11-6-7-11)8-9-18-10-16-12-4-2-3-5-14(12)18/h10-11,13,17H,2-9H2,1H3. The lowest BCUT2D eigenvalue weighted by atomic mass is 10.0. The Bertz CT molecular complexity index is 479. The van der Waals surface area contributed by atoms with E-state index in [1.807, 2.05) is 6.33 Å². The second-order valence-electron chi connectivity index (χ2n) is 5.84. The van der Waals surface area contributed by atoms with Gasteiger partial charge in [-0.15, -0.1) is 0 Å². The average molecular weight is 277 g/mol. The van der Waals surface area contributed by atoms with Crippen LogP contribution >= 0.6 is 0 Å². The molecule has 0 aliphatic heterocycles. The van der Waals surface area contributed by atoms with E-state index in [2.05, 4.69) is 14.9 Å². The number of nitrogens with zero attached hydrogens (tertiary/aromatic N) is 2. The highest BCUT2D eigenvalue weighted by Crippen LogP contribution is 2.22. The lowest BCUT2D eigenvalue weighted by Gasteiger charge is -2.18. The second kappa shape index (κ2) is 5.95. The molecule has 0 spiro atoms. The van der Waals surface area contributed by atoms with Gasteiger partial charge in [0.25, 0.3) is 0 Å². The van der Waals surface area contributed by atoms with E-state index in [1.165, 1.54) is 44.2 Å². The summed E-state index contributed by atoms with van der Waals surface area (Å²) in [5.74, 6) is -0.147. The number of carbonyl (C=O) groups is 1. The largest absolute Gasteiger partial charge is 0.468 e. The lowest BCUT2D eigenvalue weighted by Crippen LogP contribution is -2.39. The molecule has 1 heterocycles. The minimum atomic E-state index is -0.186. The normalized spacial score (nSPS) is 19.4. The molecule has 0 bridgehead atoms. The Morgan fingerprint density at radius 3 is 3.05 bits per heavy atom. The van der Waals surface area contributed by atoms with Crippen molar-refractivity contribution in [2.24, 2.45) is 0 Å². The molecule has 1 atom stereocenters. The molecule has 2 aliphatic rings. The van der Waals surface area contributed by atoms with Crippen molar-refractivity contribution in [3.05, 3.63) is 17.7 Å². The maximum atomic E-state index is 11.8. The van der Waals surface area contributed by atoms with Gasteiger partial charge in [-0.2, -0.15) is 0 Å². The first-order chi connectivity index (χ1) is 9.78. The van der Waals surface area contributed by atoms with Crippen LogP contribution in [-0.4, -0.2) is 34.7 Å². The summed E-state index contributed by atoms with van der Waals surface area (Å²) in [6.07, 6.45) is 9.77. The molecule has 1 aromatic heterocycles. The number of fused-ring (bicyclic) bond motifs is 1. The average Bonchev–Trinajstić information content (AvgIpc) is 3.21. The van der Waals surface area contributed by atoms with E-state index in [9.17, 15) is 4.79 Å². The van der Waals surface area contributed by atoms with E-state index < -0.39 is 0 Å². The van der Waals surface area contributed by atoms with Crippen molar-refractivity contribution in [3.8, 4) is 0 Å². The number of hydrogen-bond acceptors (Lipinski definition) is 4. The van der Waals surface area contributed by atoms with Crippen molar-refractivity contribution in [2.45, 2.75) is 63.6 Å². The van der Waals surface area contributed by atoms with Crippen molar-refractivity contribution >= 4 is 5.97 Å². The van der Waals surface area contributed by atoms with Gasteiger partial charge in [0.15, 0.2) is 0 Å². The third kappa shape index (κ3) is 3.03. The summed E-state index contributed by atoms with van der Waals surface area (Å²) in [5, 5.41) is 3.38. The van der Waals surface area contributed by atoms with E-state index in [4.69, 9.17) is 4.74 Å².